The molecule has 1 aromatic carbocycles. The number of rotatable bonds is 5. The predicted octanol–water partition coefficient (Wildman–Crippen LogP) is 3.15. The van der Waals surface area contributed by atoms with Crippen LogP contribution in [0.2, 0.25) is 0 Å². The molecule has 17 heavy (non-hydrogen) atoms. The van der Waals surface area contributed by atoms with Crippen molar-refractivity contribution in [2.45, 2.75) is 24.3 Å². The van der Waals surface area contributed by atoms with Crippen LogP contribution in [0.15, 0.2) is 18.2 Å². The lowest BCUT2D eigenvalue weighted by atomic mass is 10.2. The number of halogens is 1. The highest BCUT2D eigenvalue weighted by molar-refractivity contribution is 9.08. The van der Waals surface area contributed by atoms with E-state index in [1.807, 2.05) is 18.2 Å². The van der Waals surface area contributed by atoms with Gasteiger partial charge in [-0.15, -0.1) is 0 Å². The van der Waals surface area contributed by atoms with Gasteiger partial charge in [-0.1, -0.05) is 22.0 Å². The van der Waals surface area contributed by atoms with Crippen LogP contribution in [0.5, 0.6) is 11.5 Å². The first-order valence-electron chi connectivity index (χ1n) is 5.80. The first kappa shape index (κ1) is 12.7. The molecule has 1 unspecified atom stereocenters. The summed E-state index contributed by atoms with van der Waals surface area (Å²) in [6.07, 6.45) is 2.45. The zero-order valence-corrected chi connectivity index (χ0v) is 11.5. The van der Waals surface area contributed by atoms with E-state index in [1.54, 1.807) is 7.11 Å². The summed E-state index contributed by atoms with van der Waals surface area (Å²) in [6.45, 7) is 1.46. The zero-order chi connectivity index (χ0) is 12.1. The molecule has 0 aromatic heterocycles. The van der Waals surface area contributed by atoms with Gasteiger partial charge in [0, 0.05) is 11.9 Å². The first-order valence-corrected chi connectivity index (χ1v) is 6.93. The van der Waals surface area contributed by atoms with Gasteiger partial charge in [-0.05, 0) is 30.5 Å². The Morgan fingerprint density at radius 3 is 2.94 bits per heavy atom. The molecule has 0 aliphatic carbocycles. The molecule has 0 saturated carbocycles. The summed E-state index contributed by atoms with van der Waals surface area (Å²) in [7, 11) is 1.66. The summed E-state index contributed by atoms with van der Waals surface area (Å²) in [5.74, 6) is 1.56. The average molecular weight is 301 g/mol. The van der Waals surface area contributed by atoms with E-state index in [2.05, 4.69) is 15.9 Å². The predicted molar refractivity (Wildman–Crippen MR) is 70.1 cm³/mol. The molecule has 0 bridgehead atoms. The smallest absolute Gasteiger partial charge is 0.161 e. The van der Waals surface area contributed by atoms with Gasteiger partial charge in [0.05, 0.1) is 13.2 Å². The van der Waals surface area contributed by atoms with Crippen molar-refractivity contribution in [2.24, 2.45) is 0 Å². The summed E-state index contributed by atoms with van der Waals surface area (Å²) in [4.78, 5) is 0. The van der Waals surface area contributed by atoms with Crippen LogP contribution in [0.4, 0.5) is 0 Å². The fourth-order valence-corrected chi connectivity index (χ4v) is 2.22. The lowest BCUT2D eigenvalue weighted by Gasteiger charge is -2.14. The summed E-state index contributed by atoms with van der Waals surface area (Å²) in [6, 6.07) is 5.96. The van der Waals surface area contributed by atoms with Gasteiger partial charge in [-0.2, -0.15) is 0 Å². The van der Waals surface area contributed by atoms with Crippen molar-refractivity contribution in [1.82, 2.24) is 0 Å². The van der Waals surface area contributed by atoms with Gasteiger partial charge in [-0.3, -0.25) is 0 Å². The van der Waals surface area contributed by atoms with E-state index in [0.29, 0.717) is 6.61 Å². The fraction of sp³-hybridized carbons (Fsp3) is 0.538. The van der Waals surface area contributed by atoms with Crippen molar-refractivity contribution in [3.05, 3.63) is 23.8 Å². The molecule has 3 nitrogen and oxygen atoms in total. The molecule has 1 fully saturated rings. The molecule has 2 rings (SSSR count). The van der Waals surface area contributed by atoms with Crippen LogP contribution >= 0.6 is 15.9 Å². The van der Waals surface area contributed by atoms with E-state index in [1.165, 1.54) is 5.56 Å². The highest BCUT2D eigenvalue weighted by atomic mass is 79.9. The monoisotopic (exact) mass is 300 g/mol. The number of ether oxygens (including phenoxy) is 3. The van der Waals surface area contributed by atoms with E-state index in [9.17, 15) is 0 Å². The average Bonchev–Trinajstić information content (AvgIpc) is 2.89. The fourth-order valence-electron chi connectivity index (χ4n) is 1.87. The largest absolute Gasteiger partial charge is 0.493 e. The SMILES string of the molecule is COc1cc(CBr)ccc1OCC1CCCO1. The molecule has 1 heterocycles. The minimum absolute atomic E-state index is 0.232. The maximum atomic E-state index is 5.75. The van der Waals surface area contributed by atoms with E-state index in [-0.39, 0.29) is 6.10 Å². The molecule has 1 atom stereocenters. The van der Waals surface area contributed by atoms with Gasteiger partial charge in [0.1, 0.15) is 6.61 Å². The Hall–Kier alpha value is -0.740. The molecule has 0 N–H and O–H groups in total. The molecular weight excluding hydrogens is 284 g/mol. The topological polar surface area (TPSA) is 27.7 Å². The lowest BCUT2D eigenvalue weighted by Crippen LogP contribution is -2.16. The third kappa shape index (κ3) is 3.36. The van der Waals surface area contributed by atoms with Crippen molar-refractivity contribution in [2.75, 3.05) is 20.3 Å². The number of methoxy groups -OCH3 is 1. The second kappa shape index (κ2) is 6.26. The van der Waals surface area contributed by atoms with Crippen LogP contribution in [0.1, 0.15) is 18.4 Å². The molecule has 94 valence electrons. The second-order valence-electron chi connectivity index (χ2n) is 4.06. The maximum Gasteiger partial charge on any atom is 0.161 e. The van der Waals surface area contributed by atoms with Gasteiger partial charge in [0.15, 0.2) is 11.5 Å². The standard InChI is InChI=1S/C13H17BrO3/c1-15-13-7-10(8-14)4-5-12(13)17-9-11-3-2-6-16-11/h4-5,7,11H,2-3,6,8-9H2,1H3. The van der Waals surface area contributed by atoms with Crippen molar-refractivity contribution in [3.8, 4) is 11.5 Å². The van der Waals surface area contributed by atoms with Crippen LogP contribution in [0.3, 0.4) is 0 Å². The van der Waals surface area contributed by atoms with Gasteiger partial charge in [-0.25, -0.2) is 0 Å². The van der Waals surface area contributed by atoms with Crippen LogP contribution in [0.25, 0.3) is 0 Å². The molecular formula is C13H17BrO3. The minimum atomic E-state index is 0.232. The van der Waals surface area contributed by atoms with Crippen LogP contribution in [0, 0.1) is 0 Å². The second-order valence-corrected chi connectivity index (χ2v) is 4.63. The van der Waals surface area contributed by atoms with E-state index in [4.69, 9.17) is 14.2 Å². The summed E-state index contributed by atoms with van der Waals surface area (Å²) in [5, 5.41) is 0.815. The van der Waals surface area contributed by atoms with Crippen LogP contribution in [-0.2, 0) is 10.1 Å². The molecule has 1 saturated heterocycles. The Morgan fingerprint density at radius 1 is 1.41 bits per heavy atom. The van der Waals surface area contributed by atoms with Gasteiger partial charge < -0.3 is 14.2 Å². The van der Waals surface area contributed by atoms with Crippen LogP contribution in [-0.4, -0.2) is 26.4 Å². The summed E-state index contributed by atoms with van der Waals surface area (Å²) < 4.78 is 16.6. The highest BCUT2D eigenvalue weighted by Crippen LogP contribution is 2.29. The van der Waals surface area contributed by atoms with E-state index in [0.717, 1.165) is 36.3 Å². The lowest BCUT2D eigenvalue weighted by molar-refractivity contribution is 0.0669. The van der Waals surface area contributed by atoms with Crippen molar-refractivity contribution >= 4 is 15.9 Å². The number of hydrogen-bond donors (Lipinski definition) is 0. The molecule has 0 spiro atoms. The third-order valence-corrected chi connectivity index (χ3v) is 3.48. The molecule has 1 aliphatic rings. The summed E-state index contributed by atoms with van der Waals surface area (Å²) >= 11 is 3.42. The summed E-state index contributed by atoms with van der Waals surface area (Å²) in [5.41, 5.74) is 1.17. The van der Waals surface area contributed by atoms with Crippen LogP contribution < -0.4 is 9.47 Å². The highest BCUT2D eigenvalue weighted by Gasteiger charge is 2.17. The first-order chi connectivity index (χ1) is 8.33. The number of hydrogen-bond acceptors (Lipinski definition) is 3. The Morgan fingerprint density at radius 2 is 2.29 bits per heavy atom. The number of alkyl halides is 1. The quantitative estimate of drug-likeness (QED) is 0.782. The van der Waals surface area contributed by atoms with Gasteiger partial charge >= 0.3 is 0 Å². The zero-order valence-electron chi connectivity index (χ0n) is 9.95. The van der Waals surface area contributed by atoms with Crippen molar-refractivity contribution < 1.29 is 14.2 Å². The molecule has 0 amide bonds. The van der Waals surface area contributed by atoms with E-state index >= 15 is 0 Å². The van der Waals surface area contributed by atoms with Gasteiger partial charge in [0.25, 0.3) is 0 Å². The van der Waals surface area contributed by atoms with Gasteiger partial charge in [0.2, 0.25) is 0 Å². The Bertz CT molecular complexity index is 362. The maximum absolute atomic E-state index is 5.75. The molecule has 0 radical (unpaired) electrons. The Balaban J connectivity index is 1.98. The Labute approximate surface area is 110 Å². The number of benzene rings is 1. The molecule has 1 aromatic rings. The normalized spacial score (nSPS) is 19.3. The Kier molecular flexibility index (Phi) is 4.68. The third-order valence-electron chi connectivity index (χ3n) is 2.83. The van der Waals surface area contributed by atoms with Crippen molar-refractivity contribution in [1.29, 1.82) is 0 Å². The van der Waals surface area contributed by atoms with E-state index < -0.39 is 0 Å². The minimum Gasteiger partial charge on any atom is -0.493 e. The molecule has 4 heteroatoms. The molecule has 1 aliphatic heterocycles. The van der Waals surface area contributed by atoms with Crippen molar-refractivity contribution in [3.63, 3.8) is 0 Å².